The third-order valence-electron chi connectivity index (χ3n) is 2.92. The van der Waals surface area contributed by atoms with Gasteiger partial charge >= 0.3 is 0 Å². The lowest BCUT2D eigenvalue weighted by molar-refractivity contribution is 0.104. The molecule has 1 atom stereocenters. The summed E-state index contributed by atoms with van der Waals surface area (Å²) in [6.45, 7) is 1.33. The minimum atomic E-state index is -0.0709. The van der Waals surface area contributed by atoms with Gasteiger partial charge in [-0.25, -0.2) is 0 Å². The Kier molecular flexibility index (Phi) is 3.65. The smallest absolute Gasteiger partial charge is 0.185 e. The van der Waals surface area contributed by atoms with Gasteiger partial charge in [0.1, 0.15) is 24.2 Å². The Hall–Kier alpha value is -2.33. The van der Waals surface area contributed by atoms with E-state index in [9.17, 15) is 4.79 Å². The topological polar surface area (TPSA) is 52.0 Å². The summed E-state index contributed by atoms with van der Waals surface area (Å²) < 4.78 is 15.7. The SMILES string of the molecule is O=C(/C=C/c1ccco1)c1ccc(OCC2CO2)cc1. The highest BCUT2D eigenvalue weighted by Gasteiger charge is 2.22. The molecule has 2 heterocycles. The van der Waals surface area contributed by atoms with Crippen molar-refractivity contribution in [2.75, 3.05) is 13.2 Å². The molecule has 1 fully saturated rings. The van der Waals surface area contributed by atoms with Gasteiger partial charge in [-0.05, 0) is 48.6 Å². The molecule has 0 N–H and O–H groups in total. The molecule has 0 spiro atoms. The van der Waals surface area contributed by atoms with Crippen molar-refractivity contribution in [3.63, 3.8) is 0 Å². The standard InChI is InChI=1S/C16H14O4/c17-16(8-7-13-2-1-9-18-13)12-3-5-14(6-4-12)19-10-15-11-20-15/h1-9,15H,10-11H2/b8-7+. The van der Waals surface area contributed by atoms with E-state index in [0.29, 0.717) is 17.9 Å². The number of ketones is 1. The minimum Gasteiger partial charge on any atom is -0.491 e. The molecule has 0 amide bonds. The van der Waals surface area contributed by atoms with Crippen molar-refractivity contribution in [2.45, 2.75) is 6.10 Å². The van der Waals surface area contributed by atoms with Crippen LogP contribution in [-0.4, -0.2) is 25.1 Å². The number of allylic oxidation sites excluding steroid dienone is 1. The Labute approximate surface area is 116 Å². The first-order valence-corrected chi connectivity index (χ1v) is 6.42. The Morgan fingerprint density at radius 3 is 2.75 bits per heavy atom. The molecule has 0 radical (unpaired) electrons. The van der Waals surface area contributed by atoms with E-state index in [1.165, 1.54) is 6.08 Å². The van der Waals surface area contributed by atoms with Crippen LogP contribution in [0.5, 0.6) is 5.75 Å². The number of rotatable bonds is 6. The molecule has 1 aliphatic heterocycles. The summed E-state index contributed by atoms with van der Waals surface area (Å²) in [5, 5.41) is 0. The van der Waals surface area contributed by atoms with Crippen LogP contribution in [0.15, 0.2) is 53.2 Å². The van der Waals surface area contributed by atoms with Gasteiger partial charge in [-0.15, -0.1) is 0 Å². The number of ether oxygens (including phenoxy) is 2. The second-order valence-electron chi connectivity index (χ2n) is 4.50. The molecule has 0 aliphatic carbocycles. The zero-order valence-electron chi connectivity index (χ0n) is 10.8. The van der Waals surface area contributed by atoms with Crippen molar-refractivity contribution in [1.82, 2.24) is 0 Å². The fraction of sp³-hybridized carbons (Fsp3) is 0.188. The predicted molar refractivity (Wildman–Crippen MR) is 73.7 cm³/mol. The van der Waals surface area contributed by atoms with Crippen LogP contribution in [0, 0.1) is 0 Å². The molecule has 3 rings (SSSR count). The molecule has 0 bridgehead atoms. The predicted octanol–water partition coefficient (Wildman–Crippen LogP) is 2.95. The number of carbonyl (C=O) groups is 1. The molecule has 1 aromatic heterocycles. The number of hydrogen-bond acceptors (Lipinski definition) is 4. The number of hydrogen-bond donors (Lipinski definition) is 0. The van der Waals surface area contributed by atoms with Gasteiger partial charge in [0.15, 0.2) is 5.78 Å². The van der Waals surface area contributed by atoms with Crippen LogP contribution < -0.4 is 4.74 Å². The molecule has 4 heteroatoms. The minimum absolute atomic E-state index is 0.0709. The number of benzene rings is 1. The van der Waals surface area contributed by atoms with E-state index < -0.39 is 0 Å². The second-order valence-corrected chi connectivity index (χ2v) is 4.50. The Bertz CT molecular complexity index is 592. The highest BCUT2D eigenvalue weighted by Crippen LogP contribution is 2.16. The monoisotopic (exact) mass is 270 g/mol. The summed E-state index contributed by atoms with van der Waals surface area (Å²) in [6.07, 6.45) is 4.94. The molecule has 1 saturated heterocycles. The van der Waals surface area contributed by atoms with Crippen LogP contribution in [-0.2, 0) is 4.74 Å². The average molecular weight is 270 g/mol. The van der Waals surface area contributed by atoms with Gasteiger partial charge < -0.3 is 13.9 Å². The van der Waals surface area contributed by atoms with Gasteiger partial charge in [0.25, 0.3) is 0 Å². The van der Waals surface area contributed by atoms with Crippen molar-refractivity contribution in [1.29, 1.82) is 0 Å². The van der Waals surface area contributed by atoms with Gasteiger partial charge in [-0.2, -0.15) is 0 Å². The van der Waals surface area contributed by atoms with Gasteiger partial charge in [0, 0.05) is 5.56 Å². The van der Waals surface area contributed by atoms with E-state index in [1.54, 1.807) is 48.7 Å². The highest BCUT2D eigenvalue weighted by molar-refractivity contribution is 6.06. The van der Waals surface area contributed by atoms with Crippen LogP contribution in [0.1, 0.15) is 16.1 Å². The third kappa shape index (κ3) is 3.36. The Balaban J connectivity index is 1.59. The molecule has 4 nitrogen and oxygen atoms in total. The maximum atomic E-state index is 11.9. The molecular weight excluding hydrogens is 256 g/mol. The molecule has 0 saturated carbocycles. The fourth-order valence-electron chi connectivity index (χ4n) is 1.71. The lowest BCUT2D eigenvalue weighted by Crippen LogP contribution is -2.04. The Morgan fingerprint density at radius 2 is 2.10 bits per heavy atom. The lowest BCUT2D eigenvalue weighted by Gasteiger charge is -2.04. The first-order chi connectivity index (χ1) is 9.81. The van der Waals surface area contributed by atoms with Crippen LogP contribution >= 0.6 is 0 Å². The zero-order chi connectivity index (χ0) is 13.8. The van der Waals surface area contributed by atoms with Gasteiger partial charge in [-0.1, -0.05) is 0 Å². The summed E-state index contributed by atoms with van der Waals surface area (Å²) in [7, 11) is 0. The maximum absolute atomic E-state index is 11.9. The fourth-order valence-corrected chi connectivity index (χ4v) is 1.71. The quantitative estimate of drug-likeness (QED) is 0.460. The Morgan fingerprint density at radius 1 is 1.30 bits per heavy atom. The molecule has 20 heavy (non-hydrogen) atoms. The van der Waals surface area contributed by atoms with E-state index in [1.807, 2.05) is 0 Å². The second kappa shape index (κ2) is 5.75. The van der Waals surface area contributed by atoms with E-state index in [0.717, 1.165) is 12.4 Å². The third-order valence-corrected chi connectivity index (χ3v) is 2.92. The largest absolute Gasteiger partial charge is 0.491 e. The van der Waals surface area contributed by atoms with Gasteiger partial charge in [0.2, 0.25) is 0 Å². The molecule has 1 aromatic carbocycles. The van der Waals surface area contributed by atoms with E-state index in [2.05, 4.69) is 0 Å². The van der Waals surface area contributed by atoms with E-state index >= 15 is 0 Å². The summed E-state index contributed by atoms with van der Waals surface area (Å²) in [6, 6.07) is 10.6. The molecule has 1 aliphatic rings. The van der Waals surface area contributed by atoms with Crippen LogP contribution in [0.4, 0.5) is 0 Å². The van der Waals surface area contributed by atoms with E-state index in [4.69, 9.17) is 13.9 Å². The highest BCUT2D eigenvalue weighted by atomic mass is 16.6. The number of furan rings is 1. The molecule has 1 unspecified atom stereocenters. The van der Waals surface area contributed by atoms with Crippen molar-refractivity contribution >= 4 is 11.9 Å². The van der Waals surface area contributed by atoms with Crippen LogP contribution in [0.3, 0.4) is 0 Å². The van der Waals surface area contributed by atoms with Crippen LogP contribution in [0.2, 0.25) is 0 Å². The first-order valence-electron chi connectivity index (χ1n) is 6.42. The van der Waals surface area contributed by atoms with Crippen molar-refractivity contribution in [2.24, 2.45) is 0 Å². The number of epoxide rings is 1. The lowest BCUT2D eigenvalue weighted by atomic mass is 10.1. The van der Waals surface area contributed by atoms with Crippen molar-refractivity contribution < 1.29 is 18.7 Å². The van der Waals surface area contributed by atoms with Crippen molar-refractivity contribution in [3.05, 3.63) is 60.1 Å². The molecular formula is C16H14O4. The maximum Gasteiger partial charge on any atom is 0.185 e. The summed E-state index contributed by atoms with van der Waals surface area (Å²) in [5.74, 6) is 1.33. The number of carbonyl (C=O) groups excluding carboxylic acids is 1. The van der Waals surface area contributed by atoms with Crippen LogP contribution in [0.25, 0.3) is 6.08 Å². The molecule has 102 valence electrons. The van der Waals surface area contributed by atoms with E-state index in [-0.39, 0.29) is 11.9 Å². The first kappa shape index (κ1) is 12.7. The van der Waals surface area contributed by atoms with Crippen molar-refractivity contribution in [3.8, 4) is 5.75 Å². The summed E-state index contributed by atoms with van der Waals surface area (Å²) in [5.41, 5.74) is 0.614. The van der Waals surface area contributed by atoms with Gasteiger partial charge in [-0.3, -0.25) is 4.79 Å². The zero-order valence-corrected chi connectivity index (χ0v) is 10.8. The van der Waals surface area contributed by atoms with Gasteiger partial charge in [0.05, 0.1) is 12.9 Å². The summed E-state index contributed by atoms with van der Waals surface area (Å²) >= 11 is 0. The molecule has 2 aromatic rings. The normalized spacial score (nSPS) is 17.3. The average Bonchev–Trinajstić information content (AvgIpc) is 3.17. The summed E-state index contributed by atoms with van der Waals surface area (Å²) in [4.78, 5) is 11.9.